The highest BCUT2D eigenvalue weighted by molar-refractivity contribution is 9.09. The van der Waals surface area contributed by atoms with Gasteiger partial charge in [0.05, 0.1) is 5.41 Å². The second-order valence-electron chi connectivity index (χ2n) is 7.28. The molecule has 1 aromatic carbocycles. The van der Waals surface area contributed by atoms with Gasteiger partial charge in [0.2, 0.25) is 5.91 Å². The van der Waals surface area contributed by atoms with E-state index >= 15 is 0 Å². The maximum Gasteiger partial charge on any atom is 0.237 e. The van der Waals surface area contributed by atoms with E-state index in [1.165, 1.54) is 0 Å². The van der Waals surface area contributed by atoms with Crippen molar-refractivity contribution in [2.45, 2.75) is 40.0 Å². The number of benzene rings is 1. The van der Waals surface area contributed by atoms with Crippen LogP contribution in [-0.4, -0.2) is 17.8 Å². The highest BCUT2D eigenvalue weighted by Crippen LogP contribution is 2.42. The molecule has 1 aromatic rings. The van der Waals surface area contributed by atoms with Gasteiger partial charge in [-0.25, -0.2) is 0 Å². The third-order valence-corrected chi connectivity index (χ3v) is 5.24. The molecule has 110 valence electrons. The molecule has 1 atom stereocenters. The topological polar surface area (TPSA) is 20.3 Å². The van der Waals surface area contributed by atoms with Crippen LogP contribution < -0.4 is 4.90 Å². The van der Waals surface area contributed by atoms with Gasteiger partial charge < -0.3 is 4.90 Å². The Labute approximate surface area is 130 Å². The van der Waals surface area contributed by atoms with Crippen LogP contribution in [-0.2, 0) is 10.2 Å². The third kappa shape index (κ3) is 2.52. The van der Waals surface area contributed by atoms with Crippen molar-refractivity contribution in [3.63, 3.8) is 0 Å². The normalized spacial score (nSPS) is 19.1. The number of nitrogens with zero attached hydrogens (tertiary/aromatic N) is 1. The molecule has 0 N–H and O–H groups in total. The second-order valence-corrected chi connectivity index (χ2v) is 7.92. The number of carbonyl (C=O) groups is 1. The molecule has 2 nitrogen and oxygen atoms in total. The molecule has 20 heavy (non-hydrogen) atoms. The zero-order valence-electron chi connectivity index (χ0n) is 13.0. The van der Waals surface area contributed by atoms with Gasteiger partial charge in [0, 0.05) is 17.6 Å². The Bertz CT molecular complexity index is 516. The molecular formula is C17H24BrNO. The smallest absolute Gasteiger partial charge is 0.237 e. The molecular weight excluding hydrogens is 314 g/mol. The molecule has 0 aliphatic carbocycles. The summed E-state index contributed by atoms with van der Waals surface area (Å²) >= 11 is 3.61. The van der Waals surface area contributed by atoms with Crippen LogP contribution >= 0.6 is 15.9 Å². The van der Waals surface area contributed by atoms with E-state index in [0.717, 1.165) is 23.1 Å². The highest BCUT2D eigenvalue weighted by atomic mass is 79.9. The number of hydrogen-bond acceptors (Lipinski definition) is 1. The Balaban J connectivity index is 2.37. The number of fused-ring (bicyclic) bond motifs is 1. The van der Waals surface area contributed by atoms with Crippen LogP contribution in [0.5, 0.6) is 0 Å². The molecule has 0 saturated heterocycles. The van der Waals surface area contributed by atoms with Gasteiger partial charge in [0.15, 0.2) is 0 Å². The summed E-state index contributed by atoms with van der Waals surface area (Å²) in [5.41, 5.74) is 1.99. The van der Waals surface area contributed by atoms with Crippen LogP contribution in [0.15, 0.2) is 24.3 Å². The van der Waals surface area contributed by atoms with E-state index in [-0.39, 0.29) is 11.3 Å². The fourth-order valence-corrected chi connectivity index (χ4v) is 3.93. The number of alkyl halides is 1. The van der Waals surface area contributed by atoms with Gasteiger partial charge in [-0.05, 0) is 36.8 Å². The minimum atomic E-state index is -0.411. The first kappa shape index (κ1) is 15.6. The first-order valence-electron chi connectivity index (χ1n) is 7.17. The number of rotatable bonds is 3. The van der Waals surface area contributed by atoms with E-state index in [4.69, 9.17) is 0 Å². The van der Waals surface area contributed by atoms with E-state index < -0.39 is 5.41 Å². The van der Waals surface area contributed by atoms with Gasteiger partial charge >= 0.3 is 0 Å². The second kappa shape index (κ2) is 5.18. The number of halogens is 1. The zero-order valence-corrected chi connectivity index (χ0v) is 14.6. The summed E-state index contributed by atoms with van der Waals surface area (Å²) in [5.74, 6) is 0.641. The van der Waals surface area contributed by atoms with Crippen molar-refractivity contribution in [1.29, 1.82) is 0 Å². The Morgan fingerprint density at radius 2 is 1.85 bits per heavy atom. The lowest BCUT2D eigenvalue weighted by molar-refractivity contribution is -0.122. The highest BCUT2D eigenvalue weighted by Gasteiger charge is 2.44. The van der Waals surface area contributed by atoms with Crippen molar-refractivity contribution in [2.24, 2.45) is 11.3 Å². The minimum absolute atomic E-state index is 0.172. The maximum atomic E-state index is 12.8. The Morgan fingerprint density at radius 3 is 2.40 bits per heavy atom. The van der Waals surface area contributed by atoms with Gasteiger partial charge in [0.1, 0.15) is 0 Å². The lowest BCUT2D eigenvalue weighted by Crippen LogP contribution is -2.42. The summed E-state index contributed by atoms with van der Waals surface area (Å²) in [5, 5.41) is 0.906. The molecule has 0 spiro atoms. The lowest BCUT2D eigenvalue weighted by atomic mass is 9.81. The van der Waals surface area contributed by atoms with Gasteiger partial charge in [-0.2, -0.15) is 0 Å². The minimum Gasteiger partial charge on any atom is -0.311 e. The number of carbonyl (C=O) groups excluding carboxylic acids is 1. The molecule has 1 aliphatic heterocycles. The van der Waals surface area contributed by atoms with Crippen molar-refractivity contribution in [2.75, 3.05) is 16.8 Å². The molecule has 0 bridgehead atoms. The van der Waals surface area contributed by atoms with Crippen LogP contribution in [0.2, 0.25) is 0 Å². The molecule has 1 aliphatic rings. The molecule has 2 rings (SSSR count). The van der Waals surface area contributed by atoms with Crippen LogP contribution in [0.3, 0.4) is 0 Å². The molecule has 0 fully saturated rings. The third-order valence-electron chi connectivity index (χ3n) is 4.46. The summed E-state index contributed by atoms with van der Waals surface area (Å²) in [6.07, 6.45) is 0. The first-order chi connectivity index (χ1) is 9.19. The van der Waals surface area contributed by atoms with Crippen LogP contribution in [0.1, 0.15) is 40.2 Å². The number of hydrogen-bond donors (Lipinski definition) is 0. The standard InChI is InChI=1S/C17H24BrNO/c1-16(2,3)12(10-18)11-19-14-9-7-6-8-13(14)17(4,5)15(19)20/h6-9,12H,10-11H2,1-5H3. The molecule has 0 saturated carbocycles. The van der Waals surface area contributed by atoms with Crippen molar-refractivity contribution >= 4 is 27.5 Å². The summed E-state index contributed by atoms with van der Waals surface area (Å²) in [6, 6.07) is 8.17. The maximum absolute atomic E-state index is 12.8. The summed E-state index contributed by atoms with van der Waals surface area (Å²) in [6.45, 7) is 11.5. The fourth-order valence-electron chi connectivity index (χ4n) is 2.76. The van der Waals surface area contributed by atoms with Crippen LogP contribution in [0.25, 0.3) is 0 Å². The van der Waals surface area contributed by atoms with E-state index in [2.05, 4.69) is 48.8 Å². The van der Waals surface area contributed by atoms with Crippen molar-refractivity contribution in [3.05, 3.63) is 29.8 Å². The van der Waals surface area contributed by atoms with E-state index in [1.807, 2.05) is 30.9 Å². The zero-order chi connectivity index (χ0) is 15.1. The summed E-state index contributed by atoms with van der Waals surface area (Å²) < 4.78 is 0. The average molecular weight is 338 g/mol. The van der Waals surface area contributed by atoms with Crippen LogP contribution in [0.4, 0.5) is 5.69 Å². The fraction of sp³-hybridized carbons (Fsp3) is 0.588. The van der Waals surface area contributed by atoms with Crippen LogP contribution in [0, 0.1) is 11.3 Å². The molecule has 1 amide bonds. The Morgan fingerprint density at radius 1 is 1.25 bits per heavy atom. The SMILES string of the molecule is CC1(C)C(=O)N(CC(CBr)C(C)(C)C)c2ccccc21. The predicted molar refractivity (Wildman–Crippen MR) is 88.6 cm³/mol. The van der Waals surface area contributed by atoms with E-state index in [1.54, 1.807) is 0 Å². The predicted octanol–water partition coefficient (Wildman–Crippen LogP) is 4.37. The molecule has 0 aromatic heterocycles. The van der Waals surface area contributed by atoms with Gasteiger partial charge in [-0.15, -0.1) is 0 Å². The van der Waals surface area contributed by atoms with E-state index in [9.17, 15) is 4.79 Å². The molecule has 0 radical (unpaired) electrons. The monoisotopic (exact) mass is 337 g/mol. The van der Waals surface area contributed by atoms with E-state index in [0.29, 0.717) is 5.92 Å². The number of para-hydroxylation sites is 1. The molecule has 3 heteroatoms. The summed E-state index contributed by atoms with van der Waals surface area (Å²) in [4.78, 5) is 14.8. The first-order valence-corrected chi connectivity index (χ1v) is 8.29. The van der Waals surface area contributed by atoms with Gasteiger partial charge in [0.25, 0.3) is 0 Å². The van der Waals surface area contributed by atoms with Gasteiger partial charge in [-0.3, -0.25) is 4.79 Å². The lowest BCUT2D eigenvalue weighted by Gasteiger charge is -2.33. The summed E-state index contributed by atoms with van der Waals surface area (Å²) in [7, 11) is 0. The Kier molecular flexibility index (Phi) is 4.03. The van der Waals surface area contributed by atoms with Crippen molar-refractivity contribution in [3.8, 4) is 0 Å². The largest absolute Gasteiger partial charge is 0.311 e. The van der Waals surface area contributed by atoms with Crippen molar-refractivity contribution in [1.82, 2.24) is 0 Å². The Hall–Kier alpha value is -0.830. The number of amides is 1. The number of anilines is 1. The molecule has 1 heterocycles. The van der Waals surface area contributed by atoms with Gasteiger partial charge in [-0.1, -0.05) is 54.9 Å². The molecule has 1 unspecified atom stereocenters. The average Bonchev–Trinajstić information content (AvgIpc) is 2.55. The quantitative estimate of drug-likeness (QED) is 0.750. The van der Waals surface area contributed by atoms with Crippen molar-refractivity contribution < 1.29 is 4.79 Å².